The van der Waals surface area contributed by atoms with Crippen LogP contribution in [0.1, 0.15) is 18.6 Å². The third-order valence-corrected chi connectivity index (χ3v) is 1.34. The van der Waals surface area contributed by atoms with E-state index < -0.39 is 0 Å². The van der Waals surface area contributed by atoms with E-state index in [1.54, 1.807) is 6.92 Å². The van der Waals surface area contributed by atoms with Gasteiger partial charge in [-0.15, -0.1) is 0 Å². The maximum Gasteiger partial charge on any atom is 0.313 e. The third-order valence-electron chi connectivity index (χ3n) is 1.34. The molecule has 2 N–H and O–H groups in total. The molecule has 0 aliphatic rings. The molecule has 1 heterocycles. The van der Waals surface area contributed by atoms with Gasteiger partial charge in [-0.25, -0.2) is 4.98 Å². The van der Waals surface area contributed by atoms with E-state index in [9.17, 15) is 4.79 Å². The van der Waals surface area contributed by atoms with Crippen LogP contribution in [0.3, 0.4) is 0 Å². The fourth-order valence-electron chi connectivity index (χ4n) is 0.833. The summed E-state index contributed by atoms with van der Waals surface area (Å²) in [5, 5.41) is 14.8. The van der Waals surface area contributed by atoms with Crippen LogP contribution in [0.5, 0.6) is 0 Å². The summed E-state index contributed by atoms with van der Waals surface area (Å²) in [5.74, 6) is 0.324. The molecule has 6 nitrogen and oxygen atoms in total. The molecule has 0 aromatic carbocycles. The molecule has 0 radical (unpaired) electrons. The molecular formula is C7H11N3O3. The topological polar surface area (TPSA) is 88.1 Å². The number of nitrogens with one attached hydrogen (secondary N) is 1. The number of H-pyrrole nitrogens is 1. The van der Waals surface area contributed by atoms with Crippen molar-refractivity contribution >= 4 is 5.97 Å². The number of ether oxygens (including phenoxy) is 1. The van der Waals surface area contributed by atoms with Gasteiger partial charge in [-0.2, -0.15) is 5.10 Å². The summed E-state index contributed by atoms with van der Waals surface area (Å²) in [5.41, 5.74) is 0. The fourth-order valence-corrected chi connectivity index (χ4v) is 0.833. The number of nitrogens with zero attached hydrogens (tertiary/aromatic N) is 2. The highest BCUT2D eigenvalue weighted by atomic mass is 16.5. The molecule has 0 saturated carbocycles. The minimum atomic E-state index is -0.358. The maximum absolute atomic E-state index is 10.9. The lowest BCUT2D eigenvalue weighted by atomic mass is 10.4. The highest BCUT2D eigenvalue weighted by molar-refractivity contribution is 5.71. The zero-order valence-electron chi connectivity index (χ0n) is 7.28. The fraction of sp³-hybridized carbons (Fsp3) is 0.571. The summed E-state index contributed by atoms with van der Waals surface area (Å²) in [7, 11) is 0. The molecule has 1 aromatic rings. The Balaban J connectivity index is 2.49. The van der Waals surface area contributed by atoms with Crippen molar-refractivity contribution in [3.8, 4) is 0 Å². The van der Waals surface area contributed by atoms with E-state index in [0.717, 1.165) is 0 Å². The first-order valence-electron chi connectivity index (χ1n) is 3.93. The number of carbonyl (C=O) groups excluding carboxylic acids is 1. The molecular weight excluding hydrogens is 174 g/mol. The highest BCUT2D eigenvalue weighted by Gasteiger charge is 2.08. The number of hydrogen-bond acceptors (Lipinski definition) is 5. The third kappa shape index (κ3) is 2.83. The van der Waals surface area contributed by atoms with E-state index in [4.69, 9.17) is 9.84 Å². The Kier molecular flexibility index (Phi) is 3.39. The van der Waals surface area contributed by atoms with Gasteiger partial charge < -0.3 is 9.84 Å². The Morgan fingerprint density at radius 2 is 2.46 bits per heavy atom. The second-order valence-electron chi connectivity index (χ2n) is 2.34. The van der Waals surface area contributed by atoms with Gasteiger partial charge in [-0.05, 0) is 6.92 Å². The first-order chi connectivity index (χ1) is 6.26. The Morgan fingerprint density at radius 3 is 3.00 bits per heavy atom. The Hall–Kier alpha value is -1.43. The zero-order valence-corrected chi connectivity index (χ0v) is 7.28. The first kappa shape index (κ1) is 9.66. The second-order valence-corrected chi connectivity index (χ2v) is 2.34. The van der Waals surface area contributed by atoms with Crippen molar-refractivity contribution in [2.75, 3.05) is 6.61 Å². The Morgan fingerprint density at radius 1 is 1.69 bits per heavy atom. The van der Waals surface area contributed by atoms with Gasteiger partial charge in [0.1, 0.15) is 18.9 Å². The summed E-state index contributed by atoms with van der Waals surface area (Å²) in [6.45, 7) is 1.84. The second kappa shape index (κ2) is 4.56. The summed E-state index contributed by atoms with van der Waals surface area (Å²) >= 11 is 0. The van der Waals surface area contributed by atoms with Crippen molar-refractivity contribution in [2.45, 2.75) is 20.0 Å². The van der Waals surface area contributed by atoms with Crippen molar-refractivity contribution in [2.24, 2.45) is 0 Å². The number of carbonyl (C=O) groups is 1. The van der Waals surface area contributed by atoms with Crippen molar-refractivity contribution in [3.05, 3.63) is 11.6 Å². The lowest BCUT2D eigenvalue weighted by Crippen LogP contribution is -2.08. The van der Waals surface area contributed by atoms with Crippen LogP contribution in [-0.4, -0.2) is 32.9 Å². The van der Waals surface area contributed by atoms with Crippen LogP contribution in [0, 0.1) is 0 Å². The van der Waals surface area contributed by atoms with Crippen molar-refractivity contribution in [1.29, 1.82) is 0 Å². The molecule has 0 spiro atoms. The summed E-state index contributed by atoms with van der Waals surface area (Å²) in [6.07, 6.45) is 0.0564. The molecule has 72 valence electrons. The van der Waals surface area contributed by atoms with Crippen molar-refractivity contribution in [3.63, 3.8) is 0 Å². The van der Waals surface area contributed by atoms with Crippen LogP contribution < -0.4 is 0 Å². The number of rotatable bonds is 4. The highest BCUT2D eigenvalue weighted by Crippen LogP contribution is 1.95. The molecule has 0 aliphatic carbocycles. The molecule has 1 aromatic heterocycles. The quantitative estimate of drug-likeness (QED) is 0.611. The summed E-state index contributed by atoms with van der Waals surface area (Å²) in [4.78, 5) is 14.8. The number of aromatic nitrogens is 3. The average molecular weight is 185 g/mol. The molecule has 0 bridgehead atoms. The number of aromatic amines is 1. The lowest BCUT2D eigenvalue weighted by molar-refractivity contribution is -0.142. The lowest BCUT2D eigenvalue weighted by Gasteiger charge is -1.97. The van der Waals surface area contributed by atoms with Gasteiger partial charge in [0.05, 0.1) is 6.61 Å². The Labute approximate surface area is 74.9 Å². The standard InChI is InChI=1S/C7H11N3O3/c1-2-13-7(12)3-5-8-6(4-11)10-9-5/h11H,2-4H2,1H3,(H,8,9,10). The molecule has 0 unspecified atom stereocenters. The SMILES string of the molecule is CCOC(=O)Cc1nc(CO)n[nH]1. The minimum absolute atomic E-state index is 0.0564. The molecule has 0 fully saturated rings. The smallest absolute Gasteiger partial charge is 0.313 e. The van der Waals surface area contributed by atoms with Crippen LogP contribution in [0.2, 0.25) is 0 Å². The van der Waals surface area contributed by atoms with Crippen LogP contribution >= 0.6 is 0 Å². The molecule has 0 saturated heterocycles. The number of esters is 1. The van der Waals surface area contributed by atoms with Crippen molar-refractivity contribution < 1.29 is 14.6 Å². The van der Waals surface area contributed by atoms with Gasteiger partial charge >= 0.3 is 5.97 Å². The van der Waals surface area contributed by atoms with E-state index in [2.05, 4.69) is 15.2 Å². The van der Waals surface area contributed by atoms with E-state index >= 15 is 0 Å². The van der Waals surface area contributed by atoms with Gasteiger partial charge in [-0.1, -0.05) is 0 Å². The predicted octanol–water partition coefficient (Wildman–Crippen LogP) is -0.597. The summed E-state index contributed by atoms with van der Waals surface area (Å²) < 4.78 is 4.70. The molecule has 6 heteroatoms. The van der Waals surface area contributed by atoms with Crippen LogP contribution in [0.4, 0.5) is 0 Å². The minimum Gasteiger partial charge on any atom is -0.466 e. The summed E-state index contributed by atoms with van der Waals surface area (Å²) in [6, 6.07) is 0. The van der Waals surface area contributed by atoms with E-state index in [-0.39, 0.29) is 24.8 Å². The van der Waals surface area contributed by atoms with E-state index in [1.807, 2.05) is 0 Å². The van der Waals surface area contributed by atoms with Gasteiger partial charge in [0.15, 0.2) is 5.82 Å². The van der Waals surface area contributed by atoms with Crippen molar-refractivity contribution in [1.82, 2.24) is 15.2 Å². The average Bonchev–Trinajstić information content (AvgIpc) is 2.52. The normalized spacial score (nSPS) is 10.0. The number of aliphatic hydroxyl groups is 1. The first-order valence-corrected chi connectivity index (χ1v) is 3.93. The predicted molar refractivity (Wildman–Crippen MR) is 42.6 cm³/mol. The van der Waals surface area contributed by atoms with Gasteiger partial charge in [0, 0.05) is 0 Å². The van der Waals surface area contributed by atoms with Gasteiger partial charge in [0.25, 0.3) is 0 Å². The molecule has 13 heavy (non-hydrogen) atoms. The van der Waals surface area contributed by atoms with E-state index in [0.29, 0.717) is 12.4 Å². The van der Waals surface area contributed by atoms with Crippen LogP contribution in [-0.2, 0) is 22.6 Å². The molecule has 1 rings (SSSR count). The zero-order chi connectivity index (χ0) is 9.68. The monoisotopic (exact) mass is 185 g/mol. The van der Waals surface area contributed by atoms with E-state index in [1.165, 1.54) is 0 Å². The Bertz CT molecular complexity index is 284. The molecule has 0 aliphatic heterocycles. The number of hydrogen-bond donors (Lipinski definition) is 2. The van der Waals surface area contributed by atoms with Gasteiger partial charge in [0.2, 0.25) is 0 Å². The van der Waals surface area contributed by atoms with Gasteiger partial charge in [-0.3, -0.25) is 9.89 Å². The largest absolute Gasteiger partial charge is 0.466 e. The maximum atomic E-state index is 10.9. The molecule has 0 amide bonds. The van der Waals surface area contributed by atoms with Crippen LogP contribution in [0.25, 0.3) is 0 Å². The molecule has 0 atom stereocenters. The van der Waals surface area contributed by atoms with Crippen LogP contribution in [0.15, 0.2) is 0 Å². The number of aliphatic hydroxyl groups excluding tert-OH is 1.